The van der Waals surface area contributed by atoms with Crippen LogP contribution in [0.25, 0.3) is 0 Å². The van der Waals surface area contributed by atoms with Gasteiger partial charge in [-0.25, -0.2) is 0 Å². The van der Waals surface area contributed by atoms with Crippen LogP contribution in [0.2, 0.25) is 5.02 Å². The lowest BCUT2D eigenvalue weighted by molar-refractivity contribution is 0.712. The van der Waals surface area contributed by atoms with Gasteiger partial charge in [0.25, 0.3) is 0 Å². The molecule has 0 aliphatic rings. The largest absolute Gasteiger partial charge is 0.368 e. The molecule has 132 valence electrons. The van der Waals surface area contributed by atoms with Crippen LogP contribution < -0.4 is 5.32 Å². The second-order valence-electron chi connectivity index (χ2n) is 6.48. The minimum Gasteiger partial charge on any atom is -0.368 e. The van der Waals surface area contributed by atoms with Gasteiger partial charge >= 0.3 is 0 Å². The summed E-state index contributed by atoms with van der Waals surface area (Å²) in [4.78, 5) is 0. The molecule has 0 aliphatic carbocycles. The first kappa shape index (κ1) is 17.4. The van der Waals surface area contributed by atoms with Gasteiger partial charge in [0.2, 0.25) is 0 Å². The summed E-state index contributed by atoms with van der Waals surface area (Å²) in [5.41, 5.74) is 4.03. The number of benzene rings is 4. The molecule has 27 heavy (non-hydrogen) atoms. The molecule has 0 bridgehead atoms. The van der Waals surface area contributed by atoms with E-state index >= 15 is 0 Å². The summed E-state index contributed by atoms with van der Waals surface area (Å²) < 4.78 is 0. The van der Waals surface area contributed by atoms with Crippen molar-refractivity contribution in [3.05, 3.63) is 137 Å². The van der Waals surface area contributed by atoms with Crippen LogP contribution in [0.1, 0.15) is 16.7 Å². The highest BCUT2D eigenvalue weighted by molar-refractivity contribution is 6.30. The third-order valence-electron chi connectivity index (χ3n) is 4.80. The lowest BCUT2D eigenvalue weighted by atomic mass is 9.77. The predicted molar refractivity (Wildman–Crippen MR) is 114 cm³/mol. The molecule has 0 amide bonds. The van der Waals surface area contributed by atoms with E-state index in [0.29, 0.717) is 0 Å². The maximum absolute atomic E-state index is 6.11. The van der Waals surface area contributed by atoms with E-state index in [2.05, 4.69) is 78.1 Å². The molecule has 0 atom stereocenters. The smallest absolute Gasteiger partial charge is 0.114 e. The molecule has 0 fully saturated rings. The van der Waals surface area contributed by atoms with Gasteiger partial charge in [-0.2, -0.15) is 0 Å². The van der Waals surface area contributed by atoms with E-state index in [1.54, 1.807) is 0 Å². The Balaban J connectivity index is 1.98. The van der Waals surface area contributed by atoms with Gasteiger partial charge in [-0.1, -0.05) is 103 Å². The summed E-state index contributed by atoms with van der Waals surface area (Å²) in [5, 5.41) is 4.54. The fourth-order valence-corrected chi connectivity index (χ4v) is 3.66. The van der Waals surface area contributed by atoms with E-state index in [1.807, 2.05) is 42.5 Å². The number of hydrogen-bond donors (Lipinski definition) is 1. The molecule has 0 unspecified atom stereocenters. The van der Waals surface area contributed by atoms with Crippen molar-refractivity contribution in [2.75, 3.05) is 5.32 Å². The molecular weight excluding hydrogens is 350 g/mol. The van der Waals surface area contributed by atoms with Crippen LogP contribution in [-0.4, -0.2) is 0 Å². The monoisotopic (exact) mass is 369 g/mol. The summed E-state index contributed by atoms with van der Waals surface area (Å²) in [6, 6.07) is 39.5. The first-order valence-corrected chi connectivity index (χ1v) is 9.37. The Labute approximate surface area is 165 Å². The molecule has 2 heteroatoms. The number of hydrogen-bond acceptors (Lipinski definition) is 1. The van der Waals surface area contributed by atoms with Crippen LogP contribution in [0.15, 0.2) is 115 Å². The Morgan fingerprint density at radius 2 is 0.852 bits per heavy atom. The van der Waals surface area contributed by atoms with Gasteiger partial charge in [-0.3, -0.25) is 0 Å². The second kappa shape index (κ2) is 7.69. The summed E-state index contributed by atoms with van der Waals surface area (Å²) in [7, 11) is 0. The third kappa shape index (κ3) is 3.47. The van der Waals surface area contributed by atoms with Crippen LogP contribution in [0.3, 0.4) is 0 Å². The highest BCUT2D eigenvalue weighted by Gasteiger charge is 2.36. The Morgan fingerprint density at radius 1 is 0.481 bits per heavy atom. The molecule has 0 saturated heterocycles. The highest BCUT2D eigenvalue weighted by Crippen LogP contribution is 2.40. The van der Waals surface area contributed by atoms with Crippen LogP contribution in [0.5, 0.6) is 0 Å². The maximum atomic E-state index is 6.11. The first-order chi connectivity index (χ1) is 13.3. The highest BCUT2D eigenvalue weighted by atomic mass is 35.5. The zero-order chi connectivity index (χ0) is 18.5. The molecule has 0 aliphatic heterocycles. The zero-order valence-corrected chi connectivity index (χ0v) is 15.6. The standard InChI is InChI=1S/C25H20ClN/c26-23-16-18-24(19-17-23)27-25(20-10-4-1-5-11-20,21-12-6-2-7-13-21)22-14-8-3-9-15-22/h1-19,27H. The topological polar surface area (TPSA) is 12.0 Å². The summed E-state index contributed by atoms with van der Waals surface area (Å²) >= 11 is 6.11. The summed E-state index contributed by atoms with van der Waals surface area (Å²) in [6.45, 7) is 0. The minimum absolute atomic E-state index is 0.516. The van der Waals surface area contributed by atoms with Gasteiger partial charge < -0.3 is 5.32 Å². The maximum Gasteiger partial charge on any atom is 0.114 e. The lowest BCUT2D eigenvalue weighted by Crippen LogP contribution is -2.38. The molecule has 0 saturated carbocycles. The number of nitrogens with one attached hydrogen (secondary N) is 1. The Kier molecular flexibility index (Phi) is 4.95. The number of anilines is 1. The fraction of sp³-hybridized carbons (Fsp3) is 0.0400. The molecule has 4 aromatic carbocycles. The summed E-state index contributed by atoms with van der Waals surface area (Å²) in [6.07, 6.45) is 0. The van der Waals surface area contributed by atoms with Crippen molar-refractivity contribution in [2.45, 2.75) is 5.54 Å². The molecule has 0 heterocycles. The van der Waals surface area contributed by atoms with Gasteiger partial charge in [0, 0.05) is 10.7 Å². The average Bonchev–Trinajstić information content (AvgIpc) is 2.75. The van der Waals surface area contributed by atoms with E-state index in [4.69, 9.17) is 11.6 Å². The van der Waals surface area contributed by atoms with Crippen LogP contribution >= 0.6 is 11.6 Å². The average molecular weight is 370 g/mol. The molecule has 4 rings (SSSR count). The van der Waals surface area contributed by atoms with E-state index in [-0.39, 0.29) is 0 Å². The van der Waals surface area contributed by atoms with Gasteiger partial charge in [0.05, 0.1) is 0 Å². The molecule has 1 N–H and O–H groups in total. The number of halogens is 1. The van der Waals surface area contributed by atoms with Crippen molar-refractivity contribution in [2.24, 2.45) is 0 Å². The molecule has 0 aromatic heterocycles. The normalized spacial score (nSPS) is 11.1. The van der Waals surface area contributed by atoms with Crippen LogP contribution in [-0.2, 0) is 5.54 Å². The number of rotatable bonds is 5. The Morgan fingerprint density at radius 3 is 1.22 bits per heavy atom. The molecule has 0 spiro atoms. The SMILES string of the molecule is Clc1ccc(NC(c2ccccc2)(c2ccccc2)c2ccccc2)cc1. The van der Waals surface area contributed by atoms with E-state index in [0.717, 1.165) is 10.7 Å². The summed E-state index contributed by atoms with van der Waals surface area (Å²) in [5.74, 6) is 0. The quantitative estimate of drug-likeness (QED) is 0.384. The molecule has 0 radical (unpaired) electrons. The van der Waals surface area contributed by atoms with Gasteiger partial charge in [-0.05, 0) is 41.0 Å². The van der Waals surface area contributed by atoms with Crippen molar-refractivity contribution < 1.29 is 0 Å². The van der Waals surface area contributed by atoms with Crippen LogP contribution in [0, 0.1) is 0 Å². The van der Waals surface area contributed by atoms with Crippen molar-refractivity contribution >= 4 is 17.3 Å². The third-order valence-corrected chi connectivity index (χ3v) is 5.05. The van der Waals surface area contributed by atoms with Crippen molar-refractivity contribution in [3.63, 3.8) is 0 Å². The molecule has 4 aromatic rings. The van der Waals surface area contributed by atoms with Crippen LogP contribution in [0.4, 0.5) is 5.69 Å². The predicted octanol–water partition coefficient (Wildman–Crippen LogP) is 6.74. The van der Waals surface area contributed by atoms with Gasteiger partial charge in [0.15, 0.2) is 0 Å². The second-order valence-corrected chi connectivity index (χ2v) is 6.92. The van der Waals surface area contributed by atoms with Gasteiger partial charge in [-0.15, -0.1) is 0 Å². The fourth-order valence-electron chi connectivity index (χ4n) is 3.53. The molecular formula is C25H20ClN. The minimum atomic E-state index is -0.516. The lowest BCUT2D eigenvalue weighted by Gasteiger charge is -2.38. The Bertz CT molecular complexity index is 884. The zero-order valence-electron chi connectivity index (χ0n) is 14.8. The van der Waals surface area contributed by atoms with Crippen molar-refractivity contribution in [1.29, 1.82) is 0 Å². The van der Waals surface area contributed by atoms with E-state index in [1.165, 1.54) is 16.7 Å². The van der Waals surface area contributed by atoms with Crippen molar-refractivity contribution in [3.8, 4) is 0 Å². The first-order valence-electron chi connectivity index (χ1n) is 8.99. The van der Waals surface area contributed by atoms with Crippen molar-refractivity contribution in [1.82, 2.24) is 0 Å². The van der Waals surface area contributed by atoms with E-state index < -0.39 is 5.54 Å². The molecule has 1 nitrogen and oxygen atoms in total. The Hall–Kier alpha value is -3.03. The van der Waals surface area contributed by atoms with E-state index in [9.17, 15) is 0 Å². The van der Waals surface area contributed by atoms with Gasteiger partial charge in [0.1, 0.15) is 5.54 Å².